The van der Waals surface area contributed by atoms with Crippen molar-refractivity contribution in [3.63, 3.8) is 0 Å². The molecule has 3 nitrogen and oxygen atoms in total. The lowest BCUT2D eigenvalue weighted by molar-refractivity contribution is -0.131. The number of benzene rings is 1. The van der Waals surface area contributed by atoms with Gasteiger partial charge in [0, 0.05) is 23.5 Å². The lowest BCUT2D eigenvalue weighted by Gasteiger charge is -2.23. The number of hydrogen-bond acceptors (Lipinski definition) is 3. The van der Waals surface area contributed by atoms with Gasteiger partial charge in [-0.2, -0.15) is 0 Å². The quantitative estimate of drug-likeness (QED) is 0.819. The molecular formula is C17H19NO2S. The second kappa shape index (κ2) is 7.20. The molecule has 0 saturated carbocycles. The summed E-state index contributed by atoms with van der Waals surface area (Å²) in [6, 6.07) is 12.6. The molecule has 0 aliphatic rings. The van der Waals surface area contributed by atoms with Crippen LogP contribution in [-0.4, -0.2) is 23.0 Å². The summed E-state index contributed by atoms with van der Waals surface area (Å²) in [5.41, 5.74) is 2.11. The monoisotopic (exact) mass is 301 g/mol. The van der Waals surface area contributed by atoms with Gasteiger partial charge in [0.05, 0.1) is 0 Å². The van der Waals surface area contributed by atoms with Crippen LogP contribution in [0.15, 0.2) is 47.9 Å². The van der Waals surface area contributed by atoms with Crippen molar-refractivity contribution in [2.45, 2.75) is 19.5 Å². The molecular weight excluding hydrogens is 282 g/mol. The van der Waals surface area contributed by atoms with E-state index in [9.17, 15) is 4.79 Å². The first-order chi connectivity index (χ1) is 10.1. The second-order valence-corrected chi connectivity index (χ2v) is 6.00. The van der Waals surface area contributed by atoms with Crippen molar-refractivity contribution in [2.24, 2.45) is 0 Å². The standard InChI is InChI=1S/C17H19NO2S/c1-13(16-4-3-11-21-16)18(2)12-15-7-5-14(6-8-15)9-10-17(19)20/h3-11,13H,12H2,1-2H3,(H,19,20). The molecule has 2 rings (SSSR count). The summed E-state index contributed by atoms with van der Waals surface area (Å²) >= 11 is 1.78. The number of hydrogen-bond donors (Lipinski definition) is 1. The van der Waals surface area contributed by atoms with Gasteiger partial charge >= 0.3 is 5.97 Å². The van der Waals surface area contributed by atoms with Gasteiger partial charge in [-0.25, -0.2) is 4.79 Å². The Kier molecular flexibility index (Phi) is 5.31. The molecule has 0 aliphatic carbocycles. The largest absolute Gasteiger partial charge is 0.478 e. The molecule has 0 aliphatic heterocycles. The normalized spacial score (nSPS) is 12.9. The van der Waals surface area contributed by atoms with Crippen LogP contribution in [0.2, 0.25) is 0 Å². The molecule has 0 saturated heterocycles. The first-order valence-electron chi connectivity index (χ1n) is 6.80. The number of rotatable bonds is 6. The fraction of sp³-hybridized carbons (Fsp3) is 0.235. The summed E-state index contributed by atoms with van der Waals surface area (Å²) in [5, 5.41) is 10.7. The highest BCUT2D eigenvalue weighted by Gasteiger charge is 2.12. The fourth-order valence-corrected chi connectivity index (χ4v) is 2.92. The minimum Gasteiger partial charge on any atom is -0.478 e. The summed E-state index contributed by atoms with van der Waals surface area (Å²) in [4.78, 5) is 14.1. The van der Waals surface area contributed by atoms with Gasteiger partial charge in [-0.05, 0) is 42.6 Å². The third-order valence-corrected chi connectivity index (χ3v) is 4.49. The van der Waals surface area contributed by atoms with Crippen molar-refractivity contribution in [3.8, 4) is 0 Å². The number of carboxylic acid groups (broad SMARTS) is 1. The van der Waals surface area contributed by atoms with E-state index in [4.69, 9.17) is 5.11 Å². The molecule has 0 radical (unpaired) electrons. The van der Waals surface area contributed by atoms with Crippen molar-refractivity contribution >= 4 is 23.4 Å². The minimum atomic E-state index is -0.927. The Morgan fingerprint density at radius 1 is 1.33 bits per heavy atom. The molecule has 1 unspecified atom stereocenters. The van der Waals surface area contributed by atoms with E-state index in [0.717, 1.165) is 18.2 Å². The SMILES string of the molecule is CC(c1cccs1)N(C)Cc1ccc(C=CC(=O)O)cc1. The maximum Gasteiger partial charge on any atom is 0.328 e. The van der Waals surface area contributed by atoms with Crippen LogP contribution in [0.5, 0.6) is 0 Å². The molecule has 0 bridgehead atoms. The molecule has 1 aromatic carbocycles. The van der Waals surface area contributed by atoms with Crippen molar-refractivity contribution in [1.82, 2.24) is 4.90 Å². The van der Waals surface area contributed by atoms with E-state index in [2.05, 4.69) is 36.4 Å². The average molecular weight is 301 g/mol. The van der Waals surface area contributed by atoms with Gasteiger partial charge in [0.15, 0.2) is 0 Å². The molecule has 1 heterocycles. The van der Waals surface area contributed by atoms with E-state index in [-0.39, 0.29) is 0 Å². The third-order valence-electron chi connectivity index (χ3n) is 3.45. The summed E-state index contributed by atoms with van der Waals surface area (Å²) in [7, 11) is 2.11. The molecule has 0 fully saturated rings. The zero-order valence-corrected chi connectivity index (χ0v) is 13.0. The molecule has 110 valence electrons. The first kappa shape index (κ1) is 15.5. The predicted molar refractivity (Wildman–Crippen MR) is 87.3 cm³/mol. The van der Waals surface area contributed by atoms with Crippen LogP contribution in [0.1, 0.15) is 29.0 Å². The number of nitrogens with zero attached hydrogens (tertiary/aromatic N) is 1. The molecule has 1 aromatic heterocycles. The Morgan fingerprint density at radius 2 is 2.05 bits per heavy atom. The highest BCUT2D eigenvalue weighted by atomic mass is 32.1. The van der Waals surface area contributed by atoms with Crippen molar-refractivity contribution in [2.75, 3.05) is 7.05 Å². The van der Waals surface area contributed by atoms with E-state index < -0.39 is 5.97 Å². The Labute approximate surface area is 129 Å². The average Bonchev–Trinajstić information content (AvgIpc) is 2.99. The van der Waals surface area contributed by atoms with Crippen LogP contribution in [-0.2, 0) is 11.3 Å². The Balaban J connectivity index is 1.98. The van der Waals surface area contributed by atoms with Gasteiger partial charge in [-0.1, -0.05) is 30.3 Å². The van der Waals surface area contributed by atoms with E-state index >= 15 is 0 Å². The highest BCUT2D eigenvalue weighted by Crippen LogP contribution is 2.24. The zero-order valence-electron chi connectivity index (χ0n) is 12.2. The van der Waals surface area contributed by atoms with Gasteiger partial charge in [0.2, 0.25) is 0 Å². The fourth-order valence-electron chi connectivity index (χ4n) is 2.07. The lowest BCUT2D eigenvalue weighted by Crippen LogP contribution is -2.21. The Hall–Kier alpha value is -1.91. The first-order valence-corrected chi connectivity index (χ1v) is 7.68. The van der Waals surface area contributed by atoms with E-state index in [1.807, 2.05) is 24.3 Å². The Morgan fingerprint density at radius 3 is 2.62 bits per heavy atom. The molecule has 2 aromatic rings. The highest BCUT2D eigenvalue weighted by molar-refractivity contribution is 7.10. The maximum atomic E-state index is 10.5. The summed E-state index contributed by atoms with van der Waals surface area (Å²) < 4.78 is 0. The van der Waals surface area contributed by atoms with Crippen molar-refractivity contribution < 1.29 is 9.90 Å². The van der Waals surface area contributed by atoms with Crippen LogP contribution in [0.25, 0.3) is 6.08 Å². The number of aliphatic carboxylic acids is 1. The summed E-state index contributed by atoms with van der Waals surface area (Å²) in [6.07, 6.45) is 2.75. The Bertz CT molecular complexity index is 602. The van der Waals surface area contributed by atoms with Gasteiger partial charge < -0.3 is 5.11 Å². The third kappa shape index (κ3) is 4.55. The van der Waals surface area contributed by atoms with E-state index in [1.165, 1.54) is 10.4 Å². The van der Waals surface area contributed by atoms with Gasteiger partial charge in [-0.3, -0.25) is 4.90 Å². The molecule has 1 N–H and O–H groups in total. The van der Waals surface area contributed by atoms with Crippen LogP contribution in [0, 0.1) is 0 Å². The van der Waals surface area contributed by atoms with Gasteiger partial charge in [-0.15, -0.1) is 11.3 Å². The van der Waals surface area contributed by atoms with Crippen molar-refractivity contribution in [3.05, 3.63) is 63.9 Å². The number of carbonyl (C=O) groups is 1. The van der Waals surface area contributed by atoms with E-state index in [1.54, 1.807) is 17.4 Å². The van der Waals surface area contributed by atoms with Gasteiger partial charge in [0.25, 0.3) is 0 Å². The van der Waals surface area contributed by atoms with Crippen LogP contribution >= 0.6 is 11.3 Å². The van der Waals surface area contributed by atoms with Crippen LogP contribution < -0.4 is 0 Å². The van der Waals surface area contributed by atoms with Crippen molar-refractivity contribution in [1.29, 1.82) is 0 Å². The second-order valence-electron chi connectivity index (χ2n) is 5.02. The van der Waals surface area contributed by atoms with Gasteiger partial charge in [0.1, 0.15) is 0 Å². The minimum absolute atomic E-state index is 0.386. The predicted octanol–water partition coefficient (Wildman–Crippen LogP) is 4.04. The summed E-state index contributed by atoms with van der Waals surface area (Å²) in [5.74, 6) is -0.927. The zero-order chi connectivity index (χ0) is 15.2. The number of thiophene rings is 1. The number of carboxylic acids is 1. The van der Waals surface area contributed by atoms with E-state index in [0.29, 0.717) is 6.04 Å². The smallest absolute Gasteiger partial charge is 0.328 e. The molecule has 0 amide bonds. The van der Waals surface area contributed by atoms with Crippen LogP contribution in [0.4, 0.5) is 0 Å². The summed E-state index contributed by atoms with van der Waals surface area (Å²) in [6.45, 7) is 3.07. The topological polar surface area (TPSA) is 40.5 Å². The molecule has 0 spiro atoms. The molecule has 4 heteroatoms. The lowest BCUT2D eigenvalue weighted by atomic mass is 10.1. The molecule has 21 heavy (non-hydrogen) atoms. The molecule has 1 atom stereocenters. The van der Waals surface area contributed by atoms with Crippen LogP contribution in [0.3, 0.4) is 0 Å². The maximum absolute atomic E-state index is 10.5.